The van der Waals surface area contributed by atoms with Gasteiger partial charge >= 0.3 is 0 Å². The molecule has 6 heteroatoms. The van der Waals surface area contributed by atoms with E-state index < -0.39 is 0 Å². The van der Waals surface area contributed by atoms with E-state index in [9.17, 15) is 0 Å². The highest BCUT2D eigenvalue weighted by atomic mass is 32.2. The first-order valence-corrected chi connectivity index (χ1v) is 8.58. The van der Waals surface area contributed by atoms with Crippen LogP contribution in [0.15, 0.2) is 8.68 Å². The second-order valence-electron chi connectivity index (χ2n) is 4.06. The lowest BCUT2D eigenvalue weighted by Gasteiger charge is -2.17. The molecule has 0 saturated heterocycles. The van der Waals surface area contributed by atoms with Crippen molar-refractivity contribution in [3.8, 4) is 0 Å². The molecule has 1 saturated carbocycles. The summed E-state index contributed by atoms with van der Waals surface area (Å²) in [5.74, 6) is 1.72. The summed E-state index contributed by atoms with van der Waals surface area (Å²) in [5, 5.41) is 8.22. The van der Waals surface area contributed by atoms with E-state index in [1.54, 1.807) is 34.9 Å². The summed E-state index contributed by atoms with van der Waals surface area (Å²) in [7, 11) is 0. The minimum Gasteiger partial charge on any atom is -0.327 e. The molecule has 1 fully saturated rings. The van der Waals surface area contributed by atoms with Gasteiger partial charge in [-0.05, 0) is 25.0 Å². The maximum atomic E-state index is 6.20. The molecule has 1 unspecified atom stereocenters. The van der Waals surface area contributed by atoms with Gasteiger partial charge in [-0.2, -0.15) is 0 Å². The molecule has 1 atom stereocenters. The summed E-state index contributed by atoms with van der Waals surface area (Å²) in [5.41, 5.74) is 6.20. The zero-order valence-electron chi connectivity index (χ0n) is 9.39. The van der Waals surface area contributed by atoms with Gasteiger partial charge in [0.2, 0.25) is 0 Å². The Morgan fingerprint density at radius 2 is 2.06 bits per heavy atom. The van der Waals surface area contributed by atoms with Gasteiger partial charge in [-0.15, -0.1) is 10.2 Å². The molecule has 1 aromatic heterocycles. The lowest BCUT2D eigenvalue weighted by atomic mass is 10.0. The molecule has 2 N–H and O–H groups in total. The largest absolute Gasteiger partial charge is 0.327 e. The van der Waals surface area contributed by atoms with Crippen molar-refractivity contribution in [1.82, 2.24) is 10.2 Å². The molecule has 0 aliphatic heterocycles. The van der Waals surface area contributed by atoms with E-state index >= 15 is 0 Å². The van der Waals surface area contributed by atoms with Gasteiger partial charge < -0.3 is 5.73 Å². The van der Waals surface area contributed by atoms with Gasteiger partial charge in [0.1, 0.15) is 0 Å². The summed E-state index contributed by atoms with van der Waals surface area (Å²) < 4.78 is 2.09. The summed E-state index contributed by atoms with van der Waals surface area (Å²) in [6.07, 6.45) is 7.37. The number of nitrogens with zero attached hydrogens (tertiary/aromatic N) is 2. The van der Waals surface area contributed by atoms with Crippen molar-refractivity contribution >= 4 is 34.9 Å². The highest BCUT2D eigenvalue weighted by Gasteiger charge is 2.22. The van der Waals surface area contributed by atoms with Crippen LogP contribution in [0.25, 0.3) is 0 Å². The number of hydrogen-bond donors (Lipinski definition) is 1. The zero-order valence-corrected chi connectivity index (χ0v) is 11.8. The molecule has 16 heavy (non-hydrogen) atoms. The molecule has 3 nitrogen and oxygen atoms in total. The number of rotatable bonds is 5. The third-order valence-corrected chi connectivity index (χ3v) is 6.14. The Labute approximate surface area is 109 Å². The monoisotopic (exact) mass is 275 g/mol. The van der Waals surface area contributed by atoms with Gasteiger partial charge in [-0.25, -0.2) is 0 Å². The summed E-state index contributed by atoms with van der Waals surface area (Å²) in [4.78, 5) is 0. The Balaban J connectivity index is 1.77. The molecule has 0 spiro atoms. The molecule has 1 aliphatic rings. The molecular formula is C10H17N3S3. The van der Waals surface area contributed by atoms with Crippen molar-refractivity contribution in [2.75, 3.05) is 12.0 Å². The molecule has 0 aromatic carbocycles. The first kappa shape index (κ1) is 12.7. The summed E-state index contributed by atoms with van der Waals surface area (Å²) >= 11 is 5.07. The third-order valence-electron chi connectivity index (χ3n) is 2.97. The Morgan fingerprint density at radius 1 is 1.38 bits per heavy atom. The molecule has 90 valence electrons. The average Bonchev–Trinajstić information content (AvgIpc) is 2.96. The maximum absolute atomic E-state index is 6.20. The number of hydrogen-bond acceptors (Lipinski definition) is 6. The molecule has 1 aromatic rings. The lowest BCUT2D eigenvalue weighted by Crippen LogP contribution is -2.30. The Bertz CT molecular complexity index is 323. The van der Waals surface area contributed by atoms with E-state index in [-0.39, 0.29) is 0 Å². The summed E-state index contributed by atoms with van der Waals surface area (Å²) in [6.45, 7) is 0. The molecule has 0 radical (unpaired) electrons. The first-order valence-electron chi connectivity index (χ1n) is 5.55. The van der Waals surface area contributed by atoms with Crippen LogP contribution in [0.3, 0.4) is 0 Å². The van der Waals surface area contributed by atoms with Crippen molar-refractivity contribution in [3.63, 3.8) is 0 Å². The predicted molar refractivity (Wildman–Crippen MR) is 72.3 cm³/mol. The van der Waals surface area contributed by atoms with E-state index in [4.69, 9.17) is 5.73 Å². The Kier molecular flexibility index (Phi) is 4.94. The van der Waals surface area contributed by atoms with Crippen molar-refractivity contribution in [2.24, 2.45) is 11.7 Å². The van der Waals surface area contributed by atoms with Gasteiger partial charge in [-0.1, -0.05) is 47.7 Å². The van der Waals surface area contributed by atoms with Crippen LogP contribution in [0.5, 0.6) is 0 Å². The highest BCUT2D eigenvalue weighted by Crippen LogP contribution is 2.31. The van der Waals surface area contributed by atoms with Crippen molar-refractivity contribution in [2.45, 2.75) is 40.4 Å². The quantitative estimate of drug-likeness (QED) is 0.837. The smallest absolute Gasteiger partial charge is 0.175 e. The SMILES string of the molecule is CSc1nnc(SCC(N)C2CCCC2)s1. The van der Waals surface area contributed by atoms with Crippen molar-refractivity contribution in [3.05, 3.63) is 0 Å². The fraction of sp³-hybridized carbons (Fsp3) is 0.800. The maximum Gasteiger partial charge on any atom is 0.175 e. The van der Waals surface area contributed by atoms with Crippen LogP contribution in [0.1, 0.15) is 25.7 Å². The Morgan fingerprint density at radius 3 is 2.69 bits per heavy atom. The fourth-order valence-corrected chi connectivity index (χ4v) is 4.57. The minimum absolute atomic E-state index is 0.328. The van der Waals surface area contributed by atoms with Gasteiger partial charge in [0, 0.05) is 11.8 Å². The number of thioether (sulfide) groups is 2. The van der Waals surface area contributed by atoms with Crippen molar-refractivity contribution < 1.29 is 0 Å². The Hall–Kier alpha value is 0.220. The standard InChI is InChI=1S/C10H17N3S3/c1-14-9-12-13-10(16-9)15-6-8(11)7-4-2-3-5-7/h7-8H,2-6,11H2,1H3. The highest BCUT2D eigenvalue weighted by molar-refractivity contribution is 8.03. The molecule has 1 aliphatic carbocycles. The van der Waals surface area contributed by atoms with Crippen LogP contribution in [-0.4, -0.2) is 28.2 Å². The van der Waals surface area contributed by atoms with Crippen LogP contribution in [-0.2, 0) is 0 Å². The van der Waals surface area contributed by atoms with E-state index in [0.29, 0.717) is 6.04 Å². The molecule has 1 heterocycles. The summed E-state index contributed by atoms with van der Waals surface area (Å²) in [6, 6.07) is 0.328. The van der Waals surface area contributed by atoms with Crippen LogP contribution in [0, 0.1) is 5.92 Å². The van der Waals surface area contributed by atoms with Crippen LogP contribution >= 0.6 is 34.9 Å². The van der Waals surface area contributed by atoms with Gasteiger partial charge in [0.05, 0.1) is 0 Å². The third kappa shape index (κ3) is 3.35. The normalized spacial score (nSPS) is 19.1. The minimum atomic E-state index is 0.328. The topological polar surface area (TPSA) is 51.8 Å². The van der Waals surface area contributed by atoms with E-state index in [1.807, 2.05) is 6.26 Å². The molecule has 0 bridgehead atoms. The molecular weight excluding hydrogens is 258 g/mol. The first-order chi connectivity index (χ1) is 7.79. The lowest BCUT2D eigenvalue weighted by molar-refractivity contribution is 0.463. The second kappa shape index (κ2) is 6.23. The average molecular weight is 275 g/mol. The number of aromatic nitrogens is 2. The molecule has 0 amide bonds. The van der Waals surface area contributed by atoms with Gasteiger partial charge in [0.25, 0.3) is 0 Å². The van der Waals surface area contributed by atoms with Gasteiger partial charge in [-0.3, -0.25) is 0 Å². The van der Waals surface area contributed by atoms with Crippen LogP contribution < -0.4 is 5.73 Å². The van der Waals surface area contributed by atoms with E-state index in [0.717, 1.165) is 20.4 Å². The second-order valence-corrected chi connectivity index (χ2v) is 7.36. The van der Waals surface area contributed by atoms with E-state index in [2.05, 4.69) is 10.2 Å². The van der Waals surface area contributed by atoms with Gasteiger partial charge in [0.15, 0.2) is 8.68 Å². The predicted octanol–water partition coefficient (Wildman–Crippen LogP) is 2.87. The zero-order chi connectivity index (χ0) is 11.4. The van der Waals surface area contributed by atoms with Crippen molar-refractivity contribution in [1.29, 1.82) is 0 Å². The van der Waals surface area contributed by atoms with Crippen LogP contribution in [0.2, 0.25) is 0 Å². The van der Waals surface area contributed by atoms with E-state index in [1.165, 1.54) is 25.7 Å². The number of nitrogens with two attached hydrogens (primary N) is 1. The van der Waals surface area contributed by atoms with Crippen LogP contribution in [0.4, 0.5) is 0 Å². The molecule has 2 rings (SSSR count). The fourth-order valence-electron chi connectivity index (χ4n) is 2.03.